The third-order valence-electron chi connectivity index (χ3n) is 3.58. The summed E-state index contributed by atoms with van der Waals surface area (Å²) in [7, 11) is 2.13. The standard InChI is InChI=1S/C14H19N3O/c1-10-16-13-6-5-12(8-14(13)18-10)17(2)9-11-4-3-7-15-11/h5-6,8,11,15H,3-4,7,9H2,1-2H3. The van der Waals surface area contributed by atoms with E-state index >= 15 is 0 Å². The zero-order chi connectivity index (χ0) is 12.5. The zero-order valence-electron chi connectivity index (χ0n) is 10.9. The van der Waals surface area contributed by atoms with Crippen molar-refractivity contribution in [3.05, 3.63) is 24.1 Å². The first kappa shape index (κ1) is 11.5. The second-order valence-electron chi connectivity index (χ2n) is 5.06. The normalized spacial score (nSPS) is 19.6. The monoisotopic (exact) mass is 245 g/mol. The molecule has 0 spiro atoms. The van der Waals surface area contributed by atoms with E-state index in [1.54, 1.807) is 0 Å². The second kappa shape index (κ2) is 4.61. The number of nitrogens with one attached hydrogen (secondary N) is 1. The molecule has 96 valence electrons. The van der Waals surface area contributed by atoms with Gasteiger partial charge < -0.3 is 14.6 Å². The number of fused-ring (bicyclic) bond motifs is 1. The maximum atomic E-state index is 5.58. The van der Waals surface area contributed by atoms with Crippen molar-refractivity contribution in [2.75, 3.05) is 25.0 Å². The molecule has 1 fully saturated rings. The molecule has 1 aromatic heterocycles. The van der Waals surface area contributed by atoms with E-state index < -0.39 is 0 Å². The van der Waals surface area contributed by atoms with Crippen molar-refractivity contribution >= 4 is 16.8 Å². The van der Waals surface area contributed by atoms with Gasteiger partial charge in [-0.25, -0.2) is 4.98 Å². The lowest BCUT2D eigenvalue weighted by Gasteiger charge is -2.23. The molecule has 2 heterocycles. The lowest BCUT2D eigenvalue weighted by atomic mass is 10.2. The Labute approximate surface area is 107 Å². The molecular formula is C14H19N3O. The predicted molar refractivity (Wildman–Crippen MR) is 73.0 cm³/mol. The van der Waals surface area contributed by atoms with Gasteiger partial charge in [-0.05, 0) is 31.5 Å². The van der Waals surface area contributed by atoms with Crippen LogP contribution in [0.2, 0.25) is 0 Å². The molecule has 2 aromatic rings. The van der Waals surface area contributed by atoms with Crippen molar-refractivity contribution in [2.24, 2.45) is 0 Å². The van der Waals surface area contributed by atoms with Crippen molar-refractivity contribution in [2.45, 2.75) is 25.8 Å². The van der Waals surface area contributed by atoms with Gasteiger partial charge in [0.05, 0.1) is 0 Å². The summed E-state index contributed by atoms with van der Waals surface area (Å²) in [4.78, 5) is 6.60. The molecule has 0 radical (unpaired) electrons. The topological polar surface area (TPSA) is 41.3 Å². The van der Waals surface area contributed by atoms with Crippen LogP contribution in [0, 0.1) is 6.92 Å². The lowest BCUT2D eigenvalue weighted by Crippen LogP contribution is -2.35. The molecule has 1 saturated heterocycles. The molecule has 4 heteroatoms. The van der Waals surface area contributed by atoms with Crippen molar-refractivity contribution in [1.82, 2.24) is 10.3 Å². The highest BCUT2D eigenvalue weighted by atomic mass is 16.3. The van der Waals surface area contributed by atoms with Gasteiger partial charge in [0.25, 0.3) is 0 Å². The van der Waals surface area contributed by atoms with Crippen molar-refractivity contribution in [3.63, 3.8) is 0 Å². The van der Waals surface area contributed by atoms with Crippen molar-refractivity contribution < 1.29 is 4.42 Å². The predicted octanol–water partition coefficient (Wildman–Crippen LogP) is 2.32. The molecule has 1 unspecified atom stereocenters. The summed E-state index contributed by atoms with van der Waals surface area (Å²) in [5.74, 6) is 0.724. The fourth-order valence-corrected chi connectivity index (χ4v) is 2.61. The third-order valence-corrected chi connectivity index (χ3v) is 3.58. The Hall–Kier alpha value is -1.55. The van der Waals surface area contributed by atoms with Gasteiger partial charge in [-0.3, -0.25) is 0 Å². The fourth-order valence-electron chi connectivity index (χ4n) is 2.61. The smallest absolute Gasteiger partial charge is 0.192 e. The third kappa shape index (κ3) is 2.20. The Balaban J connectivity index is 1.79. The first-order chi connectivity index (χ1) is 8.72. The molecule has 4 nitrogen and oxygen atoms in total. The average molecular weight is 245 g/mol. The maximum Gasteiger partial charge on any atom is 0.192 e. The van der Waals surface area contributed by atoms with Crippen LogP contribution in [0.25, 0.3) is 11.1 Å². The Morgan fingerprint density at radius 1 is 1.50 bits per heavy atom. The van der Waals surface area contributed by atoms with E-state index in [4.69, 9.17) is 4.42 Å². The molecule has 1 aliphatic heterocycles. The van der Waals surface area contributed by atoms with Gasteiger partial charge in [0.15, 0.2) is 11.5 Å². The van der Waals surface area contributed by atoms with Gasteiger partial charge in [0.1, 0.15) is 5.52 Å². The van der Waals surface area contributed by atoms with Crippen LogP contribution in [0.4, 0.5) is 5.69 Å². The summed E-state index contributed by atoms with van der Waals surface area (Å²) < 4.78 is 5.58. The number of hydrogen-bond acceptors (Lipinski definition) is 4. The maximum absolute atomic E-state index is 5.58. The Kier molecular flexibility index (Phi) is 2.96. The van der Waals surface area contributed by atoms with Crippen LogP contribution in [0.1, 0.15) is 18.7 Å². The Morgan fingerprint density at radius 2 is 2.39 bits per heavy atom. The fraction of sp³-hybridized carbons (Fsp3) is 0.500. The van der Waals surface area contributed by atoms with Crippen LogP contribution in [-0.2, 0) is 0 Å². The summed E-state index contributed by atoms with van der Waals surface area (Å²) in [6, 6.07) is 6.82. The molecule has 1 aliphatic rings. The van der Waals surface area contributed by atoms with E-state index in [0.717, 1.165) is 30.1 Å². The molecule has 1 aromatic carbocycles. The molecule has 1 atom stereocenters. The van der Waals surface area contributed by atoms with Crippen LogP contribution in [-0.4, -0.2) is 31.2 Å². The van der Waals surface area contributed by atoms with Crippen molar-refractivity contribution in [3.8, 4) is 0 Å². The molecule has 3 rings (SSSR count). The Bertz CT molecular complexity index is 543. The lowest BCUT2D eigenvalue weighted by molar-refractivity contribution is 0.560. The van der Waals surface area contributed by atoms with E-state index in [1.165, 1.54) is 18.5 Å². The summed E-state index contributed by atoms with van der Waals surface area (Å²) >= 11 is 0. The largest absolute Gasteiger partial charge is 0.441 e. The molecule has 1 N–H and O–H groups in total. The number of aryl methyl sites for hydroxylation is 1. The van der Waals surface area contributed by atoms with E-state index in [0.29, 0.717) is 6.04 Å². The molecule has 0 amide bonds. The summed E-state index contributed by atoms with van der Waals surface area (Å²) in [5.41, 5.74) is 2.99. The van der Waals surface area contributed by atoms with E-state index in [1.807, 2.05) is 13.0 Å². The number of oxazole rings is 1. The summed E-state index contributed by atoms with van der Waals surface area (Å²) in [6.07, 6.45) is 2.56. The highest BCUT2D eigenvalue weighted by Gasteiger charge is 2.16. The van der Waals surface area contributed by atoms with Gasteiger partial charge in [-0.15, -0.1) is 0 Å². The van der Waals surface area contributed by atoms with E-state index in [2.05, 4.69) is 34.4 Å². The zero-order valence-corrected chi connectivity index (χ0v) is 10.9. The number of benzene rings is 1. The summed E-state index contributed by atoms with van der Waals surface area (Å²) in [5, 5.41) is 3.52. The first-order valence-electron chi connectivity index (χ1n) is 6.54. The quantitative estimate of drug-likeness (QED) is 0.901. The van der Waals surface area contributed by atoms with E-state index in [9.17, 15) is 0 Å². The minimum absolute atomic E-state index is 0.613. The summed E-state index contributed by atoms with van der Waals surface area (Å²) in [6.45, 7) is 4.07. The Morgan fingerprint density at radius 3 is 3.17 bits per heavy atom. The van der Waals surface area contributed by atoms with Gasteiger partial charge in [0, 0.05) is 38.3 Å². The van der Waals surface area contributed by atoms with Gasteiger partial charge in [-0.2, -0.15) is 0 Å². The number of aromatic nitrogens is 1. The second-order valence-corrected chi connectivity index (χ2v) is 5.06. The molecule has 0 saturated carbocycles. The molecule has 18 heavy (non-hydrogen) atoms. The highest BCUT2D eigenvalue weighted by molar-refractivity contribution is 5.77. The van der Waals surface area contributed by atoms with Crippen LogP contribution >= 0.6 is 0 Å². The average Bonchev–Trinajstić information content (AvgIpc) is 2.95. The molecule has 0 bridgehead atoms. The van der Waals surface area contributed by atoms with Crippen LogP contribution in [0.5, 0.6) is 0 Å². The van der Waals surface area contributed by atoms with Gasteiger partial charge in [0.2, 0.25) is 0 Å². The number of nitrogens with zero attached hydrogens (tertiary/aromatic N) is 2. The minimum atomic E-state index is 0.613. The first-order valence-corrected chi connectivity index (χ1v) is 6.54. The van der Waals surface area contributed by atoms with Gasteiger partial charge in [-0.1, -0.05) is 0 Å². The van der Waals surface area contributed by atoms with Crippen molar-refractivity contribution in [1.29, 1.82) is 0 Å². The molecule has 0 aliphatic carbocycles. The SMILES string of the molecule is Cc1nc2ccc(N(C)CC3CCCN3)cc2o1. The number of rotatable bonds is 3. The van der Waals surface area contributed by atoms with E-state index in [-0.39, 0.29) is 0 Å². The highest BCUT2D eigenvalue weighted by Crippen LogP contribution is 2.22. The van der Waals surface area contributed by atoms with Gasteiger partial charge >= 0.3 is 0 Å². The minimum Gasteiger partial charge on any atom is -0.441 e. The molecular weight excluding hydrogens is 226 g/mol. The number of likely N-dealkylation sites (N-methyl/N-ethyl adjacent to an activating group) is 1. The number of anilines is 1. The number of hydrogen-bond donors (Lipinski definition) is 1. The van der Waals surface area contributed by atoms with Crippen LogP contribution in [0.15, 0.2) is 22.6 Å². The van der Waals surface area contributed by atoms with Crippen LogP contribution in [0.3, 0.4) is 0 Å². The van der Waals surface area contributed by atoms with Crippen LogP contribution < -0.4 is 10.2 Å².